The Bertz CT molecular complexity index is 218. The van der Waals surface area contributed by atoms with Gasteiger partial charge in [0.25, 0.3) is 0 Å². The van der Waals surface area contributed by atoms with Crippen molar-refractivity contribution in [3.63, 3.8) is 0 Å². The fourth-order valence-electron chi connectivity index (χ4n) is 1.51. The SMILES string of the molecule is CS(C)(C)N1CCN(S(C)(C)C)C1=O. The first-order valence-corrected chi connectivity index (χ1v) is 10.2. The molecule has 86 valence electrons. The van der Waals surface area contributed by atoms with Crippen molar-refractivity contribution in [2.75, 3.05) is 50.6 Å². The van der Waals surface area contributed by atoms with Crippen LogP contribution in [0.15, 0.2) is 0 Å². The molecule has 0 atom stereocenters. The third kappa shape index (κ3) is 2.31. The first-order chi connectivity index (χ1) is 6.14. The third-order valence-corrected chi connectivity index (χ3v) is 5.58. The second-order valence-electron chi connectivity index (χ2n) is 5.03. The predicted octanol–water partition coefficient (Wildman–Crippen LogP) is 1.94. The number of hydrogen-bond donors (Lipinski definition) is 0. The van der Waals surface area contributed by atoms with Gasteiger partial charge in [-0.3, -0.25) is 8.61 Å². The van der Waals surface area contributed by atoms with E-state index in [1.54, 1.807) is 0 Å². The summed E-state index contributed by atoms with van der Waals surface area (Å²) in [5, 5.41) is 0. The van der Waals surface area contributed by atoms with Crippen molar-refractivity contribution in [2.24, 2.45) is 0 Å². The number of rotatable bonds is 2. The lowest BCUT2D eigenvalue weighted by Crippen LogP contribution is -2.33. The molecule has 0 unspecified atom stereocenters. The van der Waals surface area contributed by atoms with E-state index >= 15 is 0 Å². The second kappa shape index (κ2) is 3.52. The normalized spacial score (nSPS) is 21.7. The highest BCUT2D eigenvalue weighted by molar-refractivity contribution is 8.31. The van der Waals surface area contributed by atoms with E-state index in [0.29, 0.717) is 0 Å². The van der Waals surface area contributed by atoms with Gasteiger partial charge in [0.05, 0.1) is 13.1 Å². The average Bonchev–Trinajstić information content (AvgIpc) is 2.26. The molecule has 1 heterocycles. The third-order valence-electron chi connectivity index (χ3n) is 2.26. The Morgan fingerprint density at radius 1 is 0.857 bits per heavy atom. The van der Waals surface area contributed by atoms with Gasteiger partial charge in [0.2, 0.25) is 0 Å². The van der Waals surface area contributed by atoms with Crippen molar-refractivity contribution >= 4 is 26.5 Å². The number of carbonyl (C=O) groups is 1. The van der Waals surface area contributed by atoms with Crippen molar-refractivity contribution in [1.82, 2.24) is 8.61 Å². The maximum atomic E-state index is 12.1. The molecule has 1 saturated heterocycles. The van der Waals surface area contributed by atoms with Crippen molar-refractivity contribution in [3.8, 4) is 0 Å². The van der Waals surface area contributed by atoms with Gasteiger partial charge in [-0.15, -0.1) is 0 Å². The minimum absolute atomic E-state index is 0.245. The van der Waals surface area contributed by atoms with Gasteiger partial charge in [-0.1, -0.05) is 0 Å². The Morgan fingerprint density at radius 2 is 1.14 bits per heavy atom. The van der Waals surface area contributed by atoms with Gasteiger partial charge in [0.1, 0.15) is 0 Å². The van der Waals surface area contributed by atoms with E-state index < -0.39 is 20.4 Å². The van der Waals surface area contributed by atoms with Crippen molar-refractivity contribution in [1.29, 1.82) is 0 Å². The van der Waals surface area contributed by atoms with Crippen LogP contribution in [0.5, 0.6) is 0 Å². The molecule has 1 aliphatic heterocycles. The van der Waals surface area contributed by atoms with Gasteiger partial charge in [-0.2, -0.15) is 20.4 Å². The number of amides is 2. The van der Waals surface area contributed by atoms with Crippen LogP contribution in [0.4, 0.5) is 4.79 Å². The molecule has 14 heavy (non-hydrogen) atoms. The van der Waals surface area contributed by atoms with Gasteiger partial charge in [0, 0.05) is 0 Å². The molecule has 0 aromatic carbocycles. The van der Waals surface area contributed by atoms with Crippen LogP contribution in [-0.2, 0) is 0 Å². The van der Waals surface area contributed by atoms with Crippen LogP contribution < -0.4 is 0 Å². The van der Waals surface area contributed by atoms with Crippen molar-refractivity contribution in [3.05, 3.63) is 0 Å². The maximum Gasteiger partial charge on any atom is 0.337 e. The van der Waals surface area contributed by atoms with Crippen LogP contribution in [0.2, 0.25) is 0 Å². The van der Waals surface area contributed by atoms with Crippen LogP contribution in [0.3, 0.4) is 0 Å². The lowest BCUT2D eigenvalue weighted by molar-refractivity contribution is 0.227. The molecule has 1 aliphatic rings. The van der Waals surface area contributed by atoms with Crippen LogP contribution in [0.25, 0.3) is 0 Å². The zero-order valence-corrected chi connectivity index (χ0v) is 11.7. The fraction of sp³-hybridized carbons (Fsp3) is 0.889. The molecule has 2 amide bonds. The Morgan fingerprint density at radius 3 is 1.29 bits per heavy atom. The Kier molecular flexibility index (Phi) is 3.03. The zero-order valence-electron chi connectivity index (χ0n) is 10.0. The molecular formula is C9H22N2OS2. The molecule has 0 radical (unpaired) electrons. The molecule has 0 aromatic heterocycles. The second-order valence-corrected chi connectivity index (χ2v) is 13.0. The first kappa shape index (κ1) is 12.0. The highest BCUT2D eigenvalue weighted by Crippen LogP contribution is 2.49. The molecule has 0 spiro atoms. The van der Waals surface area contributed by atoms with Crippen LogP contribution in [-0.4, -0.2) is 65.3 Å². The maximum absolute atomic E-state index is 12.1. The topological polar surface area (TPSA) is 23.6 Å². The minimum atomic E-state index is -0.889. The molecule has 0 bridgehead atoms. The Labute approximate surface area is 90.7 Å². The van der Waals surface area contributed by atoms with E-state index in [1.165, 1.54) is 0 Å². The van der Waals surface area contributed by atoms with E-state index in [4.69, 9.17) is 0 Å². The summed E-state index contributed by atoms with van der Waals surface area (Å²) in [7, 11) is -1.78. The summed E-state index contributed by atoms with van der Waals surface area (Å²) in [6, 6.07) is 0.245. The largest absolute Gasteiger partial charge is 0.337 e. The summed E-state index contributed by atoms with van der Waals surface area (Å²) in [4.78, 5) is 12.1. The molecule has 0 aromatic rings. The standard InChI is InChI=1S/C9H22N2OS2/c1-13(2,3)10-7-8-11(9(10)12)14(4,5)6/h7-8H2,1-6H3. The Hall–Kier alpha value is -0.0300. The summed E-state index contributed by atoms with van der Waals surface area (Å²) >= 11 is 0. The van der Waals surface area contributed by atoms with E-state index in [-0.39, 0.29) is 6.03 Å². The molecule has 0 saturated carbocycles. The summed E-state index contributed by atoms with van der Waals surface area (Å²) in [6.07, 6.45) is 13.0. The molecule has 0 N–H and O–H groups in total. The van der Waals surface area contributed by atoms with E-state index in [9.17, 15) is 4.79 Å². The van der Waals surface area contributed by atoms with Crippen LogP contribution >= 0.6 is 20.4 Å². The predicted molar refractivity (Wildman–Crippen MR) is 69.5 cm³/mol. The van der Waals surface area contributed by atoms with E-state index in [1.807, 2.05) is 8.61 Å². The summed E-state index contributed by atoms with van der Waals surface area (Å²) in [5.74, 6) is 0. The number of nitrogens with zero attached hydrogens (tertiary/aromatic N) is 2. The van der Waals surface area contributed by atoms with Gasteiger partial charge >= 0.3 is 6.03 Å². The summed E-state index contributed by atoms with van der Waals surface area (Å²) in [5.41, 5.74) is 0. The molecule has 5 heteroatoms. The highest BCUT2D eigenvalue weighted by Gasteiger charge is 2.37. The fourth-order valence-corrected chi connectivity index (χ4v) is 3.96. The van der Waals surface area contributed by atoms with Crippen LogP contribution in [0.1, 0.15) is 0 Å². The summed E-state index contributed by atoms with van der Waals surface area (Å²) in [6.45, 7) is 1.81. The van der Waals surface area contributed by atoms with Crippen molar-refractivity contribution < 1.29 is 4.79 Å². The van der Waals surface area contributed by atoms with Gasteiger partial charge in [-0.25, -0.2) is 4.79 Å². The number of hydrogen-bond acceptors (Lipinski definition) is 1. The minimum Gasteiger partial charge on any atom is -0.285 e. The Balaban J connectivity index is 2.80. The quantitative estimate of drug-likeness (QED) is 0.721. The average molecular weight is 238 g/mol. The lowest BCUT2D eigenvalue weighted by Gasteiger charge is -2.40. The molecule has 1 fully saturated rings. The zero-order chi connectivity index (χ0) is 11.1. The van der Waals surface area contributed by atoms with Gasteiger partial charge < -0.3 is 0 Å². The van der Waals surface area contributed by atoms with Gasteiger partial charge in [0.15, 0.2) is 0 Å². The molecule has 1 rings (SSSR count). The van der Waals surface area contributed by atoms with Crippen molar-refractivity contribution in [2.45, 2.75) is 0 Å². The molecule has 0 aliphatic carbocycles. The van der Waals surface area contributed by atoms with E-state index in [2.05, 4.69) is 37.5 Å². The number of carbonyl (C=O) groups excluding carboxylic acids is 1. The van der Waals surface area contributed by atoms with Crippen LogP contribution in [0, 0.1) is 0 Å². The summed E-state index contributed by atoms with van der Waals surface area (Å²) < 4.78 is 4.09. The van der Waals surface area contributed by atoms with E-state index in [0.717, 1.165) is 13.1 Å². The lowest BCUT2D eigenvalue weighted by atomic mass is 10.7. The first-order valence-electron chi connectivity index (χ1n) is 4.60. The smallest absolute Gasteiger partial charge is 0.285 e. The highest BCUT2D eigenvalue weighted by atomic mass is 32.3. The monoisotopic (exact) mass is 238 g/mol. The number of urea groups is 1. The van der Waals surface area contributed by atoms with Gasteiger partial charge in [-0.05, 0) is 37.5 Å². The molecule has 3 nitrogen and oxygen atoms in total. The molecular weight excluding hydrogens is 216 g/mol.